The minimum atomic E-state index is 0.0418. The van der Waals surface area contributed by atoms with E-state index >= 15 is 0 Å². The number of benzene rings is 3. The summed E-state index contributed by atoms with van der Waals surface area (Å²) in [6.07, 6.45) is 3.56. The van der Waals surface area contributed by atoms with Gasteiger partial charge in [-0.25, -0.2) is 0 Å². The van der Waals surface area contributed by atoms with Crippen LogP contribution in [0.2, 0.25) is 0 Å². The van der Waals surface area contributed by atoms with Crippen LogP contribution in [0.3, 0.4) is 0 Å². The van der Waals surface area contributed by atoms with Crippen molar-refractivity contribution in [2.75, 3.05) is 10.5 Å². The van der Waals surface area contributed by atoms with Gasteiger partial charge in [-0.3, -0.25) is 0 Å². The predicted octanol–water partition coefficient (Wildman–Crippen LogP) is 3.27. The average Bonchev–Trinajstić information content (AvgIpc) is 3.54. The Morgan fingerprint density at radius 2 is 0.969 bits per heavy atom. The SMILES string of the molecule is c1ccc(B2Nc3cc4c(cc3-c3occc32)NB(c2ccccc2)c2ccoc2-4)cc1. The van der Waals surface area contributed by atoms with E-state index in [1.54, 1.807) is 12.5 Å². The number of furan rings is 2. The third-order valence-electron chi connectivity index (χ3n) is 6.53. The monoisotopic (exact) mass is 412 g/mol. The van der Waals surface area contributed by atoms with Crippen molar-refractivity contribution in [1.82, 2.24) is 0 Å². The fourth-order valence-electron chi connectivity index (χ4n) is 5.03. The van der Waals surface area contributed by atoms with Crippen LogP contribution in [0.25, 0.3) is 22.6 Å². The molecule has 3 aromatic carbocycles. The van der Waals surface area contributed by atoms with Crippen LogP contribution >= 0.6 is 0 Å². The number of fused-ring (bicyclic) bond motifs is 6. The third-order valence-corrected chi connectivity index (χ3v) is 6.53. The Balaban J connectivity index is 1.39. The summed E-state index contributed by atoms with van der Waals surface area (Å²) in [6, 6.07) is 29.5. The van der Waals surface area contributed by atoms with Gasteiger partial charge in [0.25, 0.3) is 0 Å². The molecule has 0 aliphatic carbocycles. The first-order chi connectivity index (χ1) is 15.9. The highest BCUT2D eigenvalue weighted by atomic mass is 16.3. The van der Waals surface area contributed by atoms with Crippen LogP contribution in [-0.2, 0) is 0 Å². The van der Waals surface area contributed by atoms with Crippen molar-refractivity contribution >= 4 is 46.9 Å². The molecule has 7 rings (SSSR count). The van der Waals surface area contributed by atoms with E-state index < -0.39 is 0 Å². The van der Waals surface area contributed by atoms with Gasteiger partial charge in [-0.2, -0.15) is 0 Å². The molecule has 2 aliphatic rings. The van der Waals surface area contributed by atoms with E-state index in [1.165, 1.54) is 10.9 Å². The summed E-state index contributed by atoms with van der Waals surface area (Å²) in [7, 11) is 0. The topological polar surface area (TPSA) is 50.3 Å². The molecule has 0 saturated heterocycles. The van der Waals surface area contributed by atoms with Gasteiger partial charge in [0.05, 0.1) is 12.5 Å². The molecule has 0 spiro atoms. The molecule has 0 amide bonds. The summed E-state index contributed by atoms with van der Waals surface area (Å²) in [5, 5.41) is 7.48. The van der Waals surface area contributed by atoms with E-state index in [2.05, 4.69) is 83.3 Å². The second-order valence-corrected chi connectivity index (χ2v) is 8.33. The average molecular weight is 412 g/mol. The fraction of sp³-hybridized carbons (Fsp3) is 0. The van der Waals surface area contributed by atoms with Crippen molar-refractivity contribution in [1.29, 1.82) is 0 Å². The molecule has 32 heavy (non-hydrogen) atoms. The molecule has 0 radical (unpaired) electrons. The summed E-state index contributed by atoms with van der Waals surface area (Å²) >= 11 is 0. The van der Waals surface area contributed by atoms with E-state index in [9.17, 15) is 0 Å². The van der Waals surface area contributed by atoms with Gasteiger partial charge in [0.15, 0.2) is 0 Å². The van der Waals surface area contributed by atoms with Gasteiger partial charge >= 0.3 is 13.7 Å². The van der Waals surface area contributed by atoms with Crippen LogP contribution in [0.1, 0.15) is 0 Å². The first kappa shape index (κ1) is 17.6. The molecule has 0 fully saturated rings. The fourth-order valence-corrected chi connectivity index (χ4v) is 5.03. The van der Waals surface area contributed by atoms with E-state index in [1.807, 2.05) is 12.1 Å². The van der Waals surface area contributed by atoms with Crippen molar-refractivity contribution < 1.29 is 8.83 Å². The van der Waals surface area contributed by atoms with Crippen LogP contribution in [0.4, 0.5) is 11.4 Å². The number of anilines is 2. The first-order valence-corrected chi connectivity index (χ1v) is 10.8. The maximum atomic E-state index is 6.00. The summed E-state index contributed by atoms with van der Waals surface area (Å²) in [4.78, 5) is 0. The van der Waals surface area contributed by atoms with Crippen molar-refractivity contribution in [3.63, 3.8) is 0 Å². The lowest BCUT2D eigenvalue weighted by Crippen LogP contribution is -2.52. The van der Waals surface area contributed by atoms with Gasteiger partial charge in [0, 0.05) is 22.5 Å². The number of nitrogens with one attached hydrogen (secondary N) is 2. The zero-order valence-electron chi connectivity index (χ0n) is 17.2. The Morgan fingerprint density at radius 1 is 0.531 bits per heavy atom. The van der Waals surface area contributed by atoms with Crippen LogP contribution < -0.4 is 32.3 Å². The normalized spacial score (nSPS) is 13.4. The molecule has 0 bridgehead atoms. The molecule has 6 heteroatoms. The highest BCUT2D eigenvalue weighted by Crippen LogP contribution is 2.41. The summed E-state index contributed by atoms with van der Waals surface area (Å²) in [6.45, 7) is 0.0837. The third kappa shape index (κ3) is 2.53. The van der Waals surface area contributed by atoms with Crippen LogP contribution in [0, 0.1) is 0 Å². The van der Waals surface area contributed by atoms with Gasteiger partial charge in [-0.1, -0.05) is 71.6 Å². The Labute approximate surface area is 186 Å². The Bertz CT molecular complexity index is 1330. The zero-order valence-corrected chi connectivity index (χ0v) is 17.2. The zero-order chi connectivity index (χ0) is 21.1. The summed E-state index contributed by atoms with van der Waals surface area (Å²) in [5.74, 6) is 1.83. The maximum Gasteiger partial charge on any atom is 0.324 e. The molecule has 4 nitrogen and oxygen atoms in total. The lowest BCUT2D eigenvalue weighted by atomic mass is 9.48. The van der Waals surface area contributed by atoms with Crippen molar-refractivity contribution in [2.45, 2.75) is 0 Å². The Hall–Kier alpha value is -4.05. The molecule has 0 unspecified atom stereocenters. The molecule has 150 valence electrons. The number of hydrogen-bond acceptors (Lipinski definition) is 4. The molecule has 2 aromatic heterocycles. The van der Waals surface area contributed by atoms with Crippen molar-refractivity contribution in [3.8, 4) is 22.6 Å². The molecule has 0 atom stereocenters. The lowest BCUT2D eigenvalue weighted by molar-refractivity contribution is 0.582. The summed E-state index contributed by atoms with van der Waals surface area (Å²) in [5.41, 5.74) is 8.93. The maximum absolute atomic E-state index is 6.00. The minimum absolute atomic E-state index is 0.0418. The molecule has 2 N–H and O–H groups in total. The second kappa shape index (κ2) is 6.72. The van der Waals surface area contributed by atoms with E-state index in [0.717, 1.165) is 44.9 Å². The van der Waals surface area contributed by atoms with E-state index in [4.69, 9.17) is 8.83 Å². The molecular formula is C26H18B2N2O2. The van der Waals surface area contributed by atoms with Gasteiger partial charge in [-0.15, -0.1) is 0 Å². The Kier molecular flexibility index (Phi) is 3.70. The van der Waals surface area contributed by atoms with Crippen LogP contribution in [0.5, 0.6) is 0 Å². The molecular weight excluding hydrogens is 394 g/mol. The quantitative estimate of drug-likeness (QED) is 0.438. The minimum Gasteiger partial charge on any atom is -0.465 e. The van der Waals surface area contributed by atoms with Gasteiger partial charge in [0.2, 0.25) is 0 Å². The van der Waals surface area contributed by atoms with Gasteiger partial charge < -0.3 is 19.3 Å². The van der Waals surface area contributed by atoms with Gasteiger partial charge in [0.1, 0.15) is 11.5 Å². The molecule has 0 saturated carbocycles. The standard InChI is InChI=1S/C26H18B2N2O2/c1-3-7-17(8-4-1)27-21-11-13-31-25(21)19-16-24-20(15-23(19)29-27)26-22(12-14-32-26)28(30-24)18-9-5-2-6-10-18/h1-16,29-30H. The van der Waals surface area contributed by atoms with Crippen molar-refractivity contribution in [3.05, 3.63) is 97.5 Å². The molecule has 5 aromatic rings. The molecule has 4 heterocycles. The van der Waals surface area contributed by atoms with Crippen LogP contribution in [0.15, 0.2) is 106 Å². The van der Waals surface area contributed by atoms with Crippen LogP contribution in [-0.4, -0.2) is 13.7 Å². The highest BCUT2D eigenvalue weighted by Gasteiger charge is 2.36. The van der Waals surface area contributed by atoms with E-state index in [0.29, 0.717) is 0 Å². The lowest BCUT2D eigenvalue weighted by Gasteiger charge is -2.29. The predicted molar refractivity (Wildman–Crippen MR) is 132 cm³/mol. The number of hydrogen-bond donors (Lipinski definition) is 2. The smallest absolute Gasteiger partial charge is 0.324 e. The largest absolute Gasteiger partial charge is 0.465 e. The first-order valence-electron chi connectivity index (χ1n) is 10.8. The Morgan fingerprint density at radius 3 is 1.41 bits per heavy atom. The molecule has 2 aliphatic heterocycles. The highest BCUT2D eigenvalue weighted by molar-refractivity contribution is 6.90. The van der Waals surface area contributed by atoms with Gasteiger partial charge in [-0.05, 0) is 35.2 Å². The van der Waals surface area contributed by atoms with Crippen molar-refractivity contribution in [2.24, 2.45) is 0 Å². The van der Waals surface area contributed by atoms with E-state index in [-0.39, 0.29) is 13.7 Å². The number of rotatable bonds is 2. The second-order valence-electron chi connectivity index (χ2n) is 8.33. The summed E-state index contributed by atoms with van der Waals surface area (Å²) < 4.78 is 12.0.